The molecular formula is C6H2Br2N2O4. The number of aromatic carboxylic acids is 2. The molecule has 6 nitrogen and oxygen atoms in total. The van der Waals surface area contributed by atoms with Gasteiger partial charge in [-0.1, -0.05) is 0 Å². The maximum atomic E-state index is 10.6. The van der Waals surface area contributed by atoms with E-state index >= 15 is 0 Å². The molecule has 1 aromatic rings. The van der Waals surface area contributed by atoms with Crippen molar-refractivity contribution in [3.63, 3.8) is 0 Å². The minimum Gasteiger partial charge on any atom is -0.476 e. The summed E-state index contributed by atoms with van der Waals surface area (Å²) in [5.41, 5.74) is -0.691. The molecule has 0 aromatic carbocycles. The Labute approximate surface area is 94.2 Å². The van der Waals surface area contributed by atoms with Gasteiger partial charge in [-0.25, -0.2) is 19.6 Å². The molecule has 1 aromatic heterocycles. The average Bonchev–Trinajstić information content (AvgIpc) is 2.07. The fourth-order valence-electron chi connectivity index (χ4n) is 0.667. The van der Waals surface area contributed by atoms with Gasteiger partial charge in [0.2, 0.25) is 0 Å². The monoisotopic (exact) mass is 324 g/mol. The molecule has 0 amide bonds. The third kappa shape index (κ3) is 2.07. The number of carboxylic acids is 2. The Bertz CT molecular complexity index is 381. The quantitative estimate of drug-likeness (QED) is 0.852. The maximum Gasteiger partial charge on any atom is 0.357 e. The van der Waals surface area contributed by atoms with Gasteiger partial charge in [0.15, 0.2) is 11.4 Å². The second-order valence-corrected chi connectivity index (χ2v) is 3.62. The lowest BCUT2D eigenvalue weighted by atomic mass is 10.4. The summed E-state index contributed by atoms with van der Waals surface area (Å²) >= 11 is 5.62. The first-order valence-corrected chi connectivity index (χ1v) is 4.71. The molecule has 14 heavy (non-hydrogen) atoms. The molecule has 0 aliphatic rings. The molecule has 0 bridgehead atoms. The lowest BCUT2D eigenvalue weighted by Gasteiger charge is -2.01. The Hall–Kier alpha value is -1.02. The molecule has 0 radical (unpaired) electrons. The van der Waals surface area contributed by atoms with Crippen LogP contribution >= 0.6 is 31.9 Å². The number of aromatic nitrogens is 2. The largest absolute Gasteiger partial charge is 0.476 e. The van der Waals surface area contributed by atoms with E-state index in [1.807, 2.05) is 0 Å². The van der Waals surface area contributed by atoms with E-state index in [1.165, 1.54) is 0 Å². The fraction of sp³-hybridized carbons (Fsp3) is 0. The summed E-state index contributed by atoms with van der Waals surface area (Å²) < 4.78 is -0.240. The number of halogens is 2. The standard InChI is InChI=1S/C6H2Br2N2O4/c7-3-1(5(11)12)9-4(8)2(10-3)6(13)14/h(H,11,12)(H,13,14). The molecule has 1 heterocycles. The molecule has 0 saturated heterocycles. The van der Waals surface area contributed by atoms with Crippen molar-refractivity contribution in [3.05, 3.63) is 20.6 Å². The lowest BCUT2D eigenvalue weighted by Crippen LogP contribution is -2.10. The van der Waals surface area contributed by atoms with E-state index in [1.54, 1.807) is 0 Å². The van der Waals surface area contributed by atoms with E-state index in [-0.39, 0.29) is 20.6 Å². The summed E-state index contributed by atoms with van der Waals surface area (Å²) in [6.07, 6.45) is 0. The molecule has 0 atom stereocenters. The molecule has 2 N–H and O–H groups in total. The minimum atomic E-state index is -1.29. The molecule has 74 valence electrons. The van der Waals surface area contributed by atoms with Crippen molar-refractivity contribution in [1.29, 1.82) is 0 Å². The van der Waals surface area contributed by atoms with Gasteiger partial charge in [0.05, 0.1) is 0 Å². The van der Waals surface area contributed by atoms with Crippen molar-refractivity contribution in [2.75, 3.05) is 0 Å². The van der Waals surface area contributed by atoms with Crippen molar-refractivity contribution in [3.8, 4) is 0 Å². The zero-order valence-corrected chi connectivity index (χ0v) is 9.53. The van der Waals surface area contributed by atoms with Crippen molar-refractivity contribution in [2.24, 2.45) is 0 Å². The fourth-order valence-corrected chi connectivity index (χ4v) is 1.54. The van der Waals surface area contributed by atoms with Crippen LogP contribution < -0.4 is 0 Å². The Balaban J connectivity index is 3.38. The van der Waals surface area contributed by atoms with Gasteiger partial charge >= 0.3 is 11.9 Å². The van der Waals surface area contributed by atoms with Gasteiger partial charge < -0.3 is 10.2 Å². The summed E-state index contributed by atoms with van der Waals surface area (Å²) in [4.78, 5) is 28.1. The molecule has 0 spiro atoms. The van der Waals surface area contributed by atoms with Crippen molar-refractivity contribution in [2.45, 2.75) is 0 Å². The number of hydrogen-bond acceptors (Lipinski definition) is 4. The zero-order valence-electron chi connectivity index (χ0n) is 6.36. The molecule has 0 fully saturated rings. The predicted molar refractivity (Wildman–Crippen MR) is 51.4 cm³/mol. The summed E-state index contributed by atoms with van der Waals surface area (Å²) in [5, 5.41) is 17.2. The second kappa shape index (κ2) is 4.01. The average molecular weight is 326 g/mol. The van der Waals surface area contributed by atoms with Crippen LogP contribution in [0.4, 0.5) is 0 Å². The van der Waals surface area contributed by atoms with Crippen LogP contribution in [0.2, 0.25) is 0 Å². The van der Waals surface area contributed by atoms with Gasteiger partial charge in [0, 0.05) is 0 Å². The Kier molecular flexibility index (Phi) is 3.17. The van der Waals surface area contributed by atoms with E-state index in [0.717, 1.165) is 0 Å². The van der Waals surface area contributed by atoms with Crippen LogP contribution in [0.1, 0.15) is 21.0 Å². The Morgan fingerprint density at radius 3 is 1.43 bits per heavy atom. The number of carbonyl (C=O) groups is 2. The Morgan fingerprint density at radius 2 is 1.21 bits per heavy atom. The second-order valence-electron chi connectivity index (χ2n) is 2.11. The highest BCUT2D eigenvalue weighted by atomic mass is 79.9. The predicted octanol–water partition coefficient (Wildman–Crippen LogP) is 1.40. The SMILES string of the molecule is O=C(O)c1nc(Br)c(C(=O)O)nc1Br. The van der Waals surface area contributed by atoms with E-state index in [9.17, 15) is 9.59 Å². The number of hydrogen-bond donors (Lipinski definition) is 2. The van der Waals surface area contributed by atoms with Gasteiger partial charge in [-0.05, 0) is 31.9 Å². The van der Waals surface area contributed by atoms with Crippen molar-refractivity contribution >= 4 is 43.8 Å². The molecule has 0 aliphatic carbocycles. The summed E-state index contributed by atoms with van der Waals surface area (Å²) in [6, 6.07) is 0. The third-order valence-electron chi connectivity index (χ3n) is 1.22. The summed E-state index contributed by atoms with van der Waals surface area (Å²) in [6.45, 7) is 0. The number of nitrogens with zero attached hydrogens (tertiary/aromatic N) is 2. The van der Waals surface area contributed by atoms with Crippen LogP contribution in [0.25, 0.3) is 0 Å². The van der Waals surface area contributed by atoms with Crippen LogP contribution in [-0.4, -0.2) is 32.1 Å². The highest BCUT2D eigenvalue weighted by molar-refractivity contribution is 9.11. The van der Waals surface area contributed by atoms with Crippen LogP contribution in [-0.2, 0) is 0 Å². The third-order valence-corrected chi connectivity index (χ3v) is 2.32. The minimum absolute atomic E-state index is 0.120. The van der Waals surface area contributed by atoms with Gasteiger partial charge in [-0.2, -0.15) is 0 Å². The molecule has 0 aliphatic heterocycles. The maximum absolute atomic E-state index is 10.6. The topological polar surface area (TPSA) is 100 Å². The Morgan fingerprint density at radius 1 is 0.929 bits per heavy atom. The van der Waals surface area contributed by atoms with E-state index in [0.29, 0.717) is 0 Å². The normalized spacial score (nSPS) is 9.86. The first kappa shape index (κ1) is 11.1. The van der Waals surface area contributed by atoms with Crippen molar-refractivity contribution < 1.29 is 19.8 Å². The van der Waals surface area contributed by atoms with Gasteiger partial charge in [0.1, 0.15) is 9.21 Å². The molecule has 8 heteroatoms. The summed E-state index contributed by atoms with van der Waals surface area (Å²) in [7, 11) is 0. The van der Waals surface area contributed by atoms with Gasteiger partial charge in [0.25, 0.3) is 0 Å². The van der Waals surface area contributed by atoms with E-state index < -0.39 is 11.9 Å². The molecule has 0 saturated carbocycles. The van der Waals surface area contributed by atoms with Crippen molar-refractivity contribution in [1.82, 2.24) is 9.97 Å². The van der Waals surface area contributed by atoms with Crippen LogP contribution in [0.15, 0.2) is 9.21 Å². The smallest absolute Gasteiger partial charge is 0.357 e. The van der Waals surface area contributed by atoms with Gasteiger partial charge in [-0.3, -0.25) is 0 Å². The zero-order chi connectivity index (χ0) is 10.9. The molecular weight excluding hydrogens is 324 g/mol. The van der Waals surface area contributed by atoms with Gasteiger partial charge in [-0.15, -0.1) is 0 Å². The number of carboxylic acid groups (broad SMARTS) is 2. The first-order valence-electron chi connectivity index (χ1n) is 3.13. The highest BCUT2D eigenvalue weighted by Crippen LogP contribution is 2.18. The molecule has 1 rings (SSSR count). The van der Waals surface area contributed by atoms with Crippen LogP contribution in [0.5, 0.6) is 0 Å². The lowest BCUT2D eigenvalue weighted by molar-refractivity contribution is 0.0668. The van der Waals surface area contributed by atoms with E-state index in [2.05, 4.69) is 41.8 Å². The van der Waals surface area contributed by atoms with Crippen LogP contribution in [0.3, 0.4) is 0 Å². The highest BCUT2D eigenvalue weighted by Gasteiger charge is 2.19. The molecule has 0 unspecified atom stereocenters. The number of rotatable bonds is 2. The van der Waals surface area contributed by atoms with E-state index in [4.69, 9.17) is 10.2 Å². The summed E-state index contributed by atoms with van der Waals surface area (Å²) in [5.74, 6) is -2.58. The van der Waals surface area contributed by atoms with Crippen LogP contribution in [0, 0.1) is 0 Å². The first-order chi connectivity index (χ1) is 6.43.